The van der Waals surface area contributed by atoms with Gasteiger partial charge in [-0.15, -0.1) is 0 Å². The second kappa shape index (κ2) is 8.71. The number of nitrogens with one attached hydrogen (secondary N) is 1. The van der Waals surface area contributed by atoms with Crippen molar-refractivity contribution >= 4 is 37.7 Å². The lowest BCUT2D eigenvalue weighted by atomic mass is 10.2. The minimum Gasteiger partial charge on any atom is -0.307 e. The molecule has 0 radical (unpaired) electrons. The Kier molecular flexibility index (Phi) is 6.03. The summed E-state index contributed by atoms with van der Waals surface area (Å²) in [6.07, 6.45) is 3.34. The van der Waals surface area contributed by atoms with Crippen molar-refractivity contribution in [2.75, 3.05) is 18.4 Å². The van der Waals surface area contributed by atoms with Gasteiger partial charge in [0.1, 0.15) is 5.82 Å². The molecule has 0 saturated carbocycles. The summed E-state index contributed by atoms with van der Waals surface area (Å²) in [5, 5.41) is 7.11. The molecule has 1 fully saturated rings. The number of hydrogen-bond donors (Lipinski definition) is 1. The first kappa shape index (κ1) is 20.8. The van der Waals surface area contributed by atoms with Crippen LogP contribution in [0.25, 0.3) is 0 Å². The van der Waals surface area contributed by atoms with Gasteiger partial charge in [-0.25, -0.2) is 13.1 Å². The lowest BCUT2D eigenvalue weighted by molar-refractivity contribution is 0.102. The number of sulfonamides is 1. The number of carbonyl (C=O) groups is 1. The van der Waals surface area contributed by atoms with Crippen molar-refractivity contribution in [3.63, 3.8) is 0 Å². The number of amides is 1. The Morgan fingerprint density at radius 1 is 1.07 bits per heavy atom. The third-order valence-corrected chi connectivity index (χ3v) is 7.37. The van der Waals surface area contributed by atoms with Crippen LogP contribution in [0.15, 0.2) is 70.2 Å². The normalized spacial score (nSPS) is 14.7. The van der Waals surface area contributed by atoms with Gasteiger partial charge in [-0.2, -0.15) is 9.40 Å². The predicted molar refractivity (Wildman–Crippen MR) is 118 cm³/mol. The van der Waals surface area contributed by atoms with E-state index in [1.807, 2.05) is 24.3 Å². The summed E-state index contributed by atoms with van der Waals surface area (Å²) in [6, 6.07) is 15.7. The Balaban J connectivity index is 1.52. The second-order valence-electron chi connectivity index (χ2n) is 7.10. The molecule has 2 heterocycles. The molecule has 0 unspecified atom stereocenters. The van der Waals surface area contributed by atoms with Crippen LogP contribution in [0.3, 0.4) is 0 Å². The van der Waals surface area contributed by atoms with Crippen molar-refractivity contribution in [2.24, 2.45) is 0 Å². The second-order valence-corrected chi connectivity index (χ2v) is 9.95. The van der Waals surface area contributed by atoms with Crippen molar-refractivity contribution in [3.8, 4) is 0 Å². The summed E-state index contributed by atoms with van der Waals surface area (Å²) in [6.45, 7) is 1.53. The molecule has 2 aromatic carbocycles. The monoisotopic (exact) mass is 488 g/mol. The first-order valence-corrected chi connectivity index (χ1v) is 11.8. The van der Waals surface area contributed by atoms with Gasteiger partial charge in [0.15, 0.2) is 0 Å². The van der Waals surface area contributed by atoms with Gasteiger partial charge in [0, 0.05) is 29.2 Å². The van der Waals surface area contributed by atoms with Crippen LogP contribution in [-0.4, -0.2) is 41.5 Å². The van der Waals surface area contributed by atoms with Crippen LogP contribution < -0.4 is 5.32 Å². The van der Waals surface area contributed by atoms with Crippen LogP contribution in [0.2, 0.25) is 0 Å². The van der Waals surface area contributed by atoms with Gasteiger partial charge in [-0.05, 0) is 48.7 Å². The molecule has 1 amide bonds. The van der Waals surface area contributed by atoms with E-state index in [1.165, 1.54) is 16.4 Å². The summed E-state index contributed by atoms with van der Waals surface area (Å²) in [7, 11) is -3.58. The van der Waals surface area contributed by atoms with Crippen LogP contribution >= 0.6 is 15.9 Å². The highest BCUT2D eigenvalue weighted by Crippen LogP contribution is 2.22. The Morgan fingerprint density at radius 2 is 1.83 bits per heavy atom. The molecule has 7 nitrogen and oxygen atoms in total. The van der Waals surface area contributed by atoms with Gasteiger partial charge in [0.05, 0.1) is 17.6 Å². The fourth-order valence-electron chi connectivity index (χ4n) is 3.44. The molecule has 0 aliphatic carbocycles. The molecule has 3 aromatic rings. The fourth-order valence-corrected chi connectivity index (χ4v) is 5.45. The van der Waals surface area contributed by atoms with E-state index < -0.39 is 10.0 Å². The Labute approximate surface area is 183 Å². The van der Waals surface area contributed by atoms with E-state index in [0.29, 0.717) is 25.5 Å². The molecule has 1 aliphatic heterocycles. The number of anilines is 1. The smallest absolute Gasteiger partial charge is 0.256 e. The van der Waals surface area contributed by atoms with Crippen LogP contribution in [0.4, 0.5) is 5.82 Å². The third-order valence-electron chi connectivity index (χ3n) is 4.98. The highest BCUT2D eigenvalue weighted by molar-refractivity contribution is 9.10. The molecule has 30 heavy (non-hydrogen) atoms. The summed E-state index contributed by atoms with van der Waals surface area (Å²) < 4.78 is 29.7. The van der Waals surface area contributed by atoms with Crippen molar-refractivity contribution in [2.45, 2.75) is 24.3 Å². The molecule has 0 spiro atoms. The van der Waals surface area contributed by atoms with Crippen molar-refractivity contribution in [1.29, 1.82) is 0 Å². The molecule has 1 N–H and O–H groups in total. The minimum atomic E-state index is -3.58. The van der Waals surface area contributed by atoms with E-state index >= 15 is 0 Å². The molecule has 9 heteroatoms. The van der Waals surface area contributed by atoms with Gasteiger partial charge in [0.25, 0.3) is 5.91 Å². The first-order valence-electron chi connectivity index (χ1n) is 9.61. The van der Waals surface area contributed by atoms with Gasteiger partial charge in [-0.1, -0.05) is 34.1 Å². The summed E-state index contributed by atoms with van der Waals surface area (Å²) in [5.41, 5.74) is 1.31. The van der Waals surface area contributed by atoms with Crippen molar-refractivity contribution in [1.82, 2.24) is 14.1 Å². The summed E-state index contributed by atoms with van der Waals surface area (Å²) in [5.74, 6) is 0.150. The number of benzene rings is 2. The van der Waals surface area contributed by atoms with E-state index in [1.54, 1.807) is 29.1 Å². The van der Waals surface area contributed by atoms with Crippen LogP contribution in [-0.2, 0) is 16.6 Å². The van der Waals surface area contributed by atoms with Gasteiger partial charge in [0.2, 0.25) is 10.0 Å². The average Bonchev–Trinajstić information content (AvgIpc) is 3.41. The Bertz CT molecular complexity index is 1170. The number of rotatable bonds is 6. The minimum absolute atomic E-state index is 0.139. The van der Waals surface area contributed by atoms with Crippen LogP contribution in [0, 0.1) is 0 Å². The SMILES string of the molecule is O=C(Nc1ccnn1Cc1cccc(Br)c1)c1cccc(S(=O)(=O)N2CCCC2)c1. The first-order chi connectivity index (χ1) is 14.4. The zero-order chi connectivity index (χ0) is 21.1. The van der Waals surface area contributed by atoms with E-state index in [0.717, 1.165) is 22.9 Å². The molecule has 4 rings (SSSR count). The Morgan fingerprint density at radius 3 is 2.60 bits per heavy atom. The highest BCUT2D eigenvalue weighted by Gasteiger charge is 2.27. The molecule has 1 aromatic heterocycles. The average molecular weight is 489 g/mol. The number of carbonyl (C=O) groups excluding carboxylic acids is 1. The largest absolute Gasteiger partial charge is 0.307 e. The molecule has 1 aliphatic rings. The molecule has 0 atom stereocenters. The van der Waals surface area contributed by atoms with Crippen LogP contribution in [0.5, 0.6) is 0 Å². The van der Waals surface area contributed by atoms with Gasteiger partial charge in [-0.3, -0.25) is 4.79 Å². The number of nitrogens with zero attached hydrogens (tertiary/aromatic N) is 3. The van der Waals surface area contributed by atoms with Gasteiger partial charge < -0.3 is 5.32 Å². The van der Waals surface area contributed by atoms with Crippen molar-refractivity contribution in [3.05, 3.63) is 76.4 Å². The maximum Gasteiger partial charge on any atom is 0.256 e. The van der Waals surface area contributed by atoms with E-state index in [4.69, 9.17) is 0 Å². The summed E-state index contributed by atoms with van der Waals surface area (Å²) >= 11 is 3.45. The lowest BCUT2D eigenvalue weighted by Gasteiger charge is -2.16. The zero-order valence-corrected chi connectivity index (χ0v) is 18.6. The lowest BCUT2D eigenvalue weighted by Crippen LogP contribution is -2.28. The predicted octanol–water partition coefficient (Wildman–Crippen LogP) is 3.73. The Hall–Kier alpha value is -2.49. The maximum atomic E-state index is 12.8. The fraction of sp³-hybridized carbons (Fsp3) is 0.238. The number of halogens is 1. The van der Waals surface area contributed by atoms with Crippen LogP contribution in [0.1, 0.15) is 28.8 Å². The molecular weight excluding hydrogens is 468 g/mol. The zero-order valence-electron chi connectivity index (χ0n) is 16.2. The van der Waals surface area contributed by atoms with E-state index in [9.17, 15) is 13.2 Å². The molecule has 1 saturated heterocycles. The van der Waals surface area contributed by atoms with Crippen molar-refractivity contribution < 1.29 is 13.2 Å². The topological polar surface area (TPSA) is 84.3 Å². The number of aromatic nitrogens is 2. The van der Waals surface area contributed by atoms with Gasteiger partial charge >= 0.3 is 0 Å². The molecule has 156 valence electrons. The third kappa shape index (κ3) is 4.48. The number of hydrogen-bond acceptors (Lipinski definition) is 4. The standard InChI is InChI=1S/C21H21BrN4O3S/c22-18-7-3-5-16(13-18)15-26-20(9-10-23-26)24-21(27)17-6-4-8-19(14-17)30(28,29)25-11-1-2-12-25/h3-10,13-14H,1-2,11-12,15H2,(H,24,27). The van der Waals surface area contributed by atoms with E-state index in [2.05, 4.69) is 26.3 Å². The molecule has 0 bridgehead atoms. The summed E-state index contributed by atoms with van der Waals surface area (Å²) in [4.78, 5) is 12.9. The maximum absolute atomic E-state index is 12.8. The van der Waals surface area contributed by atoms with E-state index in [-0.39, 0.29) is 16.4 Å². The highest BCUT2D eigenvalue weighted by atomic mass is 79.9. The molecular formula is C21H21BrN4O3S. The quantitative estimate of drug-likeness (QED) is 0.572.